The molecule has 7 heteroatoms. The second-order valence-corrected chi connectivity index (χ2v) is 7.00. The van der Waals surface area contributed by atoms with E-state index in [4.69, 9.17) is 9.15 Å². The molecule has 0 radical (unpaired) electrons. The molecule has 0 aromatic carbocycles. The molecule has 1 N–H and O–H groups in total. The van der Waals surface area contributed by atoms with Crippen LogP contribution in [0.1, 0.15) is 25.0 Å². The maximum Gasteiger partial charge on any atom is 0.276 e. The SMILES string of the molecule is CNCc1ccc(S(=O)(=O)N(C)CC2CCCCO2)o1. The molecular formula is C13H22N2O4S. The van der Waals surface area contributed by atoms with Crippen molar-refractivity contribution in [2.75, 3.05) is 27.2 Å². The van der Waals surface area contributed by atoms with Gasteiger partial charge in [0.15, 0.2) is 0 Å². The van der Waals surface area contributed by atoms with Gasteiger partial charge in [0.05, 0.1) is 12.6 Å². The summed E-state index contributed by atoms with van der Waals surface area (Å²) in [5, 5.41) is 2.91. The summed E-state index contributed by atoms with van der Waals surface area (Å²) in [6, 6.07) is 3.18. The van der Waals surface area contributed by atoms with E-state index >= 15 is 0 Å². The Balaban J connectivity index is 2.03. The Kier molecular flexibility index (Phi) is 5.20. The standard InChI is InChI=1S/C13H22N2O4S/c1-14-9-11-6-7-13(19-11)20(16,17)15(2)10-12-5-3-4-8-18-12/h6-7,12,14H,3-5,8-10H2,1-2H3. The number of nitrogens with zero attached hydrogens (tertiary/aromatic N) is 1. The van der Waals surface area contributed by atoms with Gasteiger partial charge >= 0.3 is 0 Å². The second kappa shape index (κ2) is 6.71. The number of hydrogen-bond acceptors (Lipinski definition) is 5. The number of rotatable bonds is 6. The zero-order chi connectivity index (χ0) is 14.6. The van der Waals surface area contributed by atoms with Crippen LogP contribution in [0.5, 0.6) is 0 Å². The summed E-state index contributed by atoms with van der Waals surface area (Å²) in [6.07, 6.45) is 3.03. The van der Waals surface area contributed by atoms with Crippen LogP contribution in [0.4, 0.5) is 0 Å². The van der Waals surface area contributed by atoms with Crippen LogP contribution < -0.4 is 5.32 Å². The molecular weight excluding hydrogens is 280 g/mol. The van der Waals surface area contributed by atoms with Gasteiger partial charge in [-0.2, -0.15) is 4.31 Å². The monoisotopic (exact) mass is 302 g/mol. The van der Waals surface area contributed by atoms with Crippen molar-refractivity contribution in [3.63, 3.8) is 0 Å². The molecule has 1 aromatic rings. The van der Waals surface area contributed by atoms with Gasteiger partial charge in [0.2, 0.25) is 5.09 Å². The van der Waals surface area contributed by atoms with Crippen molar-refractivity contribution in [2.45, 2.75) is 37.0 Å². The topological polar surface area (TPSA) is 71.8 Å². The average Bonchev–Trinajstić information content (AvgIpc) is 2.89. The first kappa shape index (κ1) is 15.5. The molecule has 1 fully saturated rings. The maximum absolute atomic E-state index is 12.4. The highest BCUT2D eigenvalue weighted by Gasteiger charge is 2.27. The van der Waals surface area contributed by atoms with Gasteiger partial charge in [-0.15, -0.1) is 0 Å². The summed E-state index contributed by atoms with van der Waals surface area (Å²) >= 11 is 0. The fourth-order valence-electron chi connectivity index (χ4n) is 2.26. The van der Waals surface area contributed by atoms with Crippen LogP contribution in [0.2, 0.25) is 0 Å². The average molecular weight is 302 g/mol. The molecule has 1 saturated heterocycles. The van der Waals surface area contributed by atoms with E-state index in [0.717, 1.165) is 19.3 Å². The van der Waals surface area contributed by atoms with Crippen LogP contribution in [0.3, 0.4) is 0 Å². The number of likely N-dealkylation sites (N-methyl/N-ethyl adjacent to an activating group) is 1. The summed E-state index contributed by atoms with van der Waals surface area (Å²) in [5.41, 5.74) is 0. The van der Waals surface area contributed by atoms with Gasteiger partial charge in [0, 0.05) is 20.2 Å². The van der Waals surface area contributed by atoms with Crippen LogP contribution >= 0.6 is 0 Å². The van der Waals surface area contributed by atoms with Gasteiger partial charge in [-0.3, -0.25) is 0 Å². The summed E-state index contributed by atoms with van der Waals surface area (Å²) in [5.74, 6) is 0.605. The van der Waals surface area contributed by atoms with E-state index < -0.39 is 10.0 Å². The van der Waals surface area contributed by atoms with Crippen molar-refractivity contribution in [3.05, 3.63) is 17.9 Å². The van der Waals surface area contributed by atoms with Crippen molar-refractivity contribution in [1.29, 1.82) is 0 Å². The lowest BCUT2D eigenvalue weighted by Gasteiger charge is -2.26. The molecule has 1 aliphatic heterocycles. The van der Waals surface area contributed by atoms with E-state index in [2.05, 4.69) is 5.32 Å². The number of nitrogens with one attached hydrogen (secondary N) is 1. The minimum absolute atomic E-state index is 0.0129. The van der Waals surface area contributed by atoms with E-state index in [1.807, 2.05) is 0 Å². The molecule has 0 amide bonds. The van der Waals surface area contributed by atoms with Gasteiger partial charge < -0.3 is 14.5 Å². The lowest BCUT2D eigenvalue weighted by atomic mass is 10.1. The minimum atomic E-state index is -3.58. The Hall–Kier alpha value is -0.890. The third kappa shape index (κ3) is 3.60. The molecule has 0 saturated carbocycles. The first-order chi connectivity index (χ1) is 9.54. The molecule has 20 heavy (non-hydrogen) atoms. The van der Waals surface area contributed by atoms with Gasteiger partial charge in [-0.1, -0.05) is 0 Å². The molecule has 0 spiro atoms. The summed E-state index contributed by atoms with van der Waals surface area (Å²) in [7, 11) is -0.233. The zero-order valence-electron chi connectivity index (χ0n) is 12.0. The van der Waals surface area contributed by atoms with E-state index in [-0.39, 0.29) is 11.2 Å². The largest absolute Gasteiger partial charge is 0.447 e. The van der Waals surface area contributed by atoms with Crippen molar-refractivity contribution in [1.82, 2.24) is 9.62 Å². The molecule has 1 aromatic heterocycles. The highest BCUT2D eigenvalue weighted by molar-refractivity contribution is 7.89. The summed E-state index contributed by atoms with van der Waals surface area (Å²) in [6.45, 7) is 1.58. The lowest BCUT2D eigenvalue weighted by Crippen LogP contribution is -2.37. The second-order valence-electron chi connectivity index (χ2n) is 5.03. The normalized spacial score (nSPS) is 20.4. The molecule has 6 nitrogen and oxygen atoms in total. The Labute approximate surface area is 120 Å². The third-order valence-electron chi connectivity index (χ3n) is 3.39. The van der Waals surface area contributed by atoms with Crippen LogP contribution in [0.15, 0.2) is 21.6 Å². The first-order valence-corrected chi connectivity index (χ1v) is 8.29. The molecule has 0 aliphatic carbocycles. The van der Waals surface area contributed by atoms with Gasteiger partial charge in [-0.25, -0.2) is 8.42 Å². The first-order valence-electron chi connectivity index (χ1n) is 6.85. The van der Waals surface area contributed by atoms with Gasteiger partial charge in [0.1, 0.15) is 5.76 Å². The summed E-state index contributed by atoms with van der Waals surface area (Å²) in [4.78, 5) is 0. The molecule has 114 valence electrons. The van der Waals surface area contributed by atoms with Crippen LogP contribution in [0.25, 0.3) is 0 Å². The maximum atomic E-state index is 12.4. The molecule has 1 aliphatic rings. The van der Waals surface area contributed by atoms with E-state index in [1.54, 1.807) is 20.2 Å². The van der Waals surface area contributed by atoms with Crippen LogP contribution in [-0.2, 0) is 21.3 Å². The lowest BCUT2D eigenvalue weighted by molar-refractivity contribution is 0.00845. The Morgan fingerprint density at radius 3 is 2.85 bits per heavy atom. The highest BCUT2D eigenvalue weighted by Crippen LogP contribution is 2.20. The molecule has 2 rings (SSSR count). The van der Waals surface area contributed by atoms with Gasteiger partial charge in [0.25, 0.3) is 10.0 Å². The van der Waals surface area contributed by atoms with E-state index in [1.165, 1.54) is 10.4 Å². The number of hydrogen-bond donors (Lipinski definition) is 1. The highest BCUT2D eigenvalue weighted by atomic mass is 32.2. The van der Waals surface area contributed by atoms with Gasteiger partial charge in [-0.05, 0) is 38.4 Å². The Bertz CT molecular complexity index is 520. The van der Waals surface area contributed by atoms with Crippen LogP contribution in [-0.4, -0.2) is 46.1 Å². The van der Waals surface area contributed by atoms with Crippen molar-refractivity contribution >= 4 is 10.0 Å². The predicted molar refractivity (Wildman–Crippen MR) is 74.9 cm³/mol. The van der Waals surface area contributed by atoms with E-state index in [0.29, 0.717) is 25.5 Å². The Morgan fingerprint density at radius 2 is 2.20 bits per heavy atom. The van der Waals surface area contributed by atoms with Crippen LogP contribution in [0, 0.1) is 0 Å². The number of furan rings is 1. The molecule has 1 atom stereocenters. The van der Waals surface area contributed by atoms with Crippen molar-refractivity contribution in [2.24, 2.45) is 0 Å². The van der Waals surface area contributed by atoms with Crippen molar-refractivity contribution in [3.8, 4) is 0 Å². The zero-order valence-corrected chi connectivity index (χ0v) is 12.8. The third-order valence-corrected chi connectivity index (χ3v) is 5.08. The number of sulfonamides is 1. The molecule has 0 bridgehead atoms. The van der Waals surface area contributed by atoms with E-state index in [9.17, 15) is 8.42 Å². The quantitative estimate of drug-likeness (QED) is 0.854. The predicted octanol–water partition coefficient (Wildman–Crippen LogP) is 1.19. The molecule has 1 unspecified atom stereocenters. The van der Waals surface area contributed by atoms with Crippen molar-refractivity contribution < 1.29 is 17.6 Å². The number of ether oxygens (including phenoxy) is 1. The fraction of sp³-hybridized carbons (Fsp3) is 0.692. The molecule has 2 heterocycles. The Morgan fingerprint density at radius 1 is 1.40 bits per heavy atom. The fourth-order valence-corrected chi connectivity index (χ4v) is 3.38. The summed E-state index contributed by atoms with van der Waals surface area (Å²) < 4.78 is 37.0. The minimum Gasteiger partial charge on any atom is -0.447 e. The smallest absolute Gasteiger partial charge is 0.276 e.